The predicted molar refractivity (Wildman–Crippen MR) is 95.8 cm³/mol. The smallest absolute Gasteiger partial charge is 0.251 e. The van der Waals surface area contributed by atoms with Crippen molar-refractivity contribution in [1.82, 2.24) is 9.62 Å². The second-order valence-electron chi connectivity index (χ2n) is 7.17. The first-order chi connectivity index (χ1) is 10.8. The lowest BCUT2D eigenvalue weighted by Crippen LogP contribution is -2.41. The van der Waals surface area contributed by atoms with Crippen molar-refractivity contribution in [2.24, 2.45) is 5.41 Å². The molecular formula is C18H28N2O2S. The molecule has 23 heavy (non-hydrogen) atoms. The van der Waals surface area contributed by atoms with Crippen LogP contribution in [0.4, 0.5) is 0 Å². The van der Waals surface area contributed by atoms with E-state index in [0.29, 0.717) is 0 Å². The fraction of sp³-hybridized carbons (Fsp3) is 0.611. The Morgan fingerprint density at radius 2 is 1.96 bits per heavy atom. The Labute approximate surface area is 144 Å². The molecule has 1 saturated heterocycles. The number of carbonyl (C=O) groups excluding carboxylic acids is 1. The minimum Gasteiger partial charge on any atom is -0.379 e. The summed E-state index contributed by atoms with van der Waals surface area (Å²) in [5.74, 6) is -0.00347. The van der Waals surface area contributed by atoms with E-state index in [9.17, 15) is 4.79 Å². The van der Waals surface area contributed by atoms with Crippen molar-refractivity contribution in [3.63, 3.8) is 0 Å². The van der Waals surface area contributed by atoms with Crippen molar-refractivity contribution >= 4 is 17.9 Å². The summed E-state index contributed by atoms with van der Waals surface area (Å²) in [5, 5.41) is 3.10. The molecule has 0 radical (unpaired) electrons. The summed E-state index contributed by atoms with van der Waals surface area (Å²) >= 11 is 1.72. The maximum atomic E-state index is 12.5. The highest BCUT2D eigenvalue weighted by molar-refractivity contribution is 7.97. The molecule has 4 nitrogen and oxygen atoms in total. The van der Waals surface area contributed by atoms with Crippen LogP contribution >= 0.6 is 11.9 Å². The second-order valence-corrected chi connectivity index (χ2v) is 8.31. The van der Waals surface area contributed by atoms with E-state index in [-0.39, 0.29) is 17.4 Å². The molecule has 0 bridgehead atoms. The molecular weight excluding hydrogens is 308 g/mol. The molecule has 1 unspecified atom stereocenters. The maximum absolute atomic E-state index is 12.5. The fourth-order valence-electron chi connectivity index (χ4n) is 2.11. The van der Waals surface area contributed by atoms with Gasteiger partial charge in [-0.1, -0.05) is 26.8 Å². The van der Waals surface area contributed by atoms with Gasteiger partial charge in [-0.2, -0.15) is 0 Å². The SMILES string of the molecule is Cc1ccc(C(=O)NC(C)C(C)(C)C)cc1SN1CCOCC1. The lowest BCUT2D eigenvalue weighted by molar-refractivity contribution is 0.0773. The number of aryl methyl sites for hydroxylation is 1. The summed E-state index contributed by atoms with van der Waals surface area (Å²) in [6, 6.07) is 6.05. The standard InChI is InChI=1S/C18H28N2O2S/c1-13-6-7-15(17(21)19-14(2)18(3,4)5)12-16(13)23-20-8-10-22-11-9-20/h6-7,12,14H,8-11H2,1-5H3,(H,19,21). The molecule has 1 aromatic carbocycles. The van der Waals surface area contributed by atoms with E-state index < -0.39 is 0 Å². The average molecular weight is 337 g/mol. The number of hydrogen-bond acceptors (Lipinski definition) is 4. The van der Waals surface area contributed by atoms with Crippen LogP contribution in [-0.4, -0.2) is 42.6 Å². The minimum atomic E-state index is -0.00347. The Kier molecular flexibility index (Phi) is 6.12. The van der Waals surface area contributed by atoms with Gasteiger partial charge in [0.2, 0.25) is 0 Å². The topological polar surface area (TPSA) is 41.6 Å². The number of carbonyl (C=O) groups is 1. The molecule has 5 heteroatoms. The van der Waals surface area contributed by atoms with Gasteiger partial charge >= 0.3 is 0 Å². The Balaban J connectivity index is 2.08. The summed E-state index contributed by atoms with van der Waals surface area (Å²) in [6.45, 7) is 13.9. The molecule has 0 aromatic heterocycles. The van der Waals surface area contributed by atoms with Crippen LogP contribution in [0.2, 0.25) is 0 Å². The molecule has 1 aromatic rings. The van der Waals surface area contributed by atoms with Crippen molar-refractivity contribution in [3.05, 3.63) is 29.3 Å². The summed E-state index contributed by atoms with van der Waals surface area (Å²) in [6.07, 6.45) is 0. The average Bonchev–Trinajstić information content (AvgIpc) is 2.49. The van der Waals surface area contributed by atoms with Crippen LogP contribution in [0.3, 0.4) is 0 Å². The number of nitrogens with one attached hydrogen (secondary N) is 1. The van der Waals surface area contributed by atoms with E-state index in [0.717, 1.165) is 36.8 Å². The number of ether oxygens (including phenoxy) is 1. The summed E-state index contributed by atoms with van der Waals surface area (Å²) < 4.78 is 7.68. The zero-order valence-corrected chi connectivity index (χ0v) is 15.6. The summed E-state index contributed by atoms with van der Waals surface area (Å²) in [5.41, 5.74) is 1.97. The van der Waals surface area contributed by atoms with Gasteiger partial charge in [0.05, 0.1) is 13.2 Å². The number of benzene rings is 1. The van der Waals surface area contributed by atoms with Gasteiger partial charge in [-0.3, -0.25) is 4.79 Å². The van der Waals surface area contributed by atoms with Gasteiger partial charge in [-0.05, 0) is 48.9 Å². The molecule has 1 heterocycles. The highest BCUT2D eigenvalue weighted by Crippen LogP contribution is 2.28. The highest BCUT2D eigenvalue weighted by atomic mass is 32.2. The quantitative estimate of drug-likeness (QED) is 0.855. The molecule has 1 aliphatic heterocycles. The van der Waals surface area contributed by atoms with Crippen LogP contribution < -0.4 is 5.32 Å². The lowest BCUT2D eigenvalue weighted by atomic mass is 9.88. The van der Waals surface area contributed by atoms with Gasteiger partial charge < -0.3 is 10.1 Å². The third kappa shape index (κ3) is 5.23. The predicted octanol–water partition coefficient (Wildman–Crippen LogP) is 3.50. The van der Waals surface area contributed by atoms with Gasteiger partial charge in [0.25, 0.3) is 5.91 Å². The summed E-state index contributed by atoms with van der Waals surface area (Å²) in [4.78, 5) is 13.6. The highest BCUT2D eigenvalue weighted by Gasteiger charge is 2.22. The molecule has 0 saturated carbocycles. The van der Waals surface area contributed by atoms with Crippen molar-refractivity contribution in [2.45, 2.75) is 45.6 Å². The van der Waals surface area contributed by atoms with E-state index in [4.69, 9.17) is 4.74 Å². The van der Waals surface area contributed by atoms with E-state index >= 15 is 0 Å². The number of hydrogen-bond donors (Lipinski definition) is 1. The monoisotopic (exact) mass is 336 g/mol. The van der Waals surface area contributed by atoms with Gasteiger partial charge in [0, 0.05) is 29.6 Å². The van der Waals surface area contributed by atoms with Crippen molar-refractivity contribution in [1.29, 1.82) is 0 Å². The number of rotatable bonds is 4. The summed E-state index contributed by atoms with van der Waals surface area (Å²) in [7, 11) is 0. The molecule has 0 aliphatic carbocycles. The molecule has 0 spiro atoms. The van der Waals surface area contributed by atoms with E-state index in [1.807, 2.05) is 18.2 Å². The van der Waals surface area contributed by atoms with Crippen LogP contribution in [0.25, 0.3) is 0 Å². The third-order valence-electron chi connectivity index (χ3n) is 4.29. The minimum absolute atomic E-state index is 0.00347. The van der Waals surface area contributed by atoms with Gasteiger partial charge in [-0.25, -0.2) is 4.31 Å². The second kappa shape index (κ2) is 7.69. The fourth-order valence-corrected chi connectivity index (χ4v) is 3.11. The van der Waals surface area contributed by atoms with Crippen LogP contribution in [0.5, 0.6) is 0 Å². The normalized spacial score (nSPS) is 17.8. The first kappa shape index (κ1) is 18.3. The Morgan fingerprint density at radius 3 is 2.57 bits per heavy atom. The zero-order valence-electron chi connectivity index (χ0n) is 14.8. The maximum Gasteiger partial charge on any atom is 0.251 e. The molecule has 1 atom stereocenters. The Bertz CT molecular complexity index is 548. The first-order valence-electron chi connectivity index (χ1n) is 8.19. The molecule has 2 rings (SSSR count). The first-order valence-corrected chi connectivity index (χ1v) is 8.97. The largest absolute Gasteiger partial charge is 0.379 e. The van der Waals surface area contributed by atoms with Crippen molar-refractivity contribution in [3.8, 4) is 0 Å². The number of morpholine rings is 1. The van der Waals surface area contributed by atoms with Crippen LogP contribution in [0.1, 0.15) is 43.6 Å². The Morgan fingerprint density at radius 1 is 1.30 bits per heavy atom. The Hall–Kier alpha value is -1.04. The van der Waals surface area contributed by atoms with E-state index in [1.165, 1.54) is 5.56 Å². The number of nitrogens with zero attached hydrogens (tertiary/aromatic N) is 1. The lowest BCUT2D eigenvalue weighted by Gasteiger charge is -2.28. The van der Waals surface area contributed by atoms with Crippen LogP contribution in [0.15, 0.2) is 23.1 Å². The molecule has 1 fully saturated rings. The van der Waals surface area contributed by atoms with E-state index in [2.05, 4.69) is 44.2 Å². The molecule has 1 aliphatic rings. The van der Waals surface area contributed by atoms with Crippen molar-refractivity contribution in [2.75, 3.05) is 26.3 Å². The van der Waals surface area contributed by atoms with Crippen LogP contribution in [-0.2, 0) is 4.74 Å². The number of amides is 1. The van der Waals surface area contributed by atoms with Gasteiger partial charge in [-0.15, -0.1) is 0 Å². The molecule has 1 amide bonds. The third-order valence-corrected chi connectivity index (χ3v) is 5.55. The zero-order chi connectivity index (χ0) is 17.0. The van der Waals surface area contributed by atoms with Crippen LogP contribution in [0, 0.1) is 12.3 Å². The van der Waals surface area contributed by atoms with Crippen molar-refractivity contribution < 1.29 is 9.53 Å². The van der Waals surface area contributed by atoms with Gasteiger partial charge in [0.1, 0.15) is 0 Å². The van der Waals surface area contributed by atoms with E-state index in [1.54, 1.807) is 11.9 Å². The molecule has 1 N–H and O–H groups in total. The molecule has 128 valence electrons. The van der Waals surface area contributed by atoms with Gasteiger partial charge in [0.15, 0.2) is 0 Å².